The molecule has 3 rings (SSSR count). The Morgan fingerprint density at radius 3 is 2.39 bits per heavy atom. The van der Waals surface area contributed by atoms with Crippen molar-refractivity contribution in [1.82, 2.24) is 9.21 Å². The molecule has 0 aliphatic carbocycles. The molecule has 3 heterocycles. The average Bonchev–Trinajstić information content (AvgIpc) is 3.30. The molecule has 3 saturated heterocycles. The summed E-state index contributed by atoms with van der Waals surface area (Å²) in [6.45, 7) is 5.78. The van der Waals surface area contributed by atoms with Crippen molar-refractivity contribution in [3.8, 4) is 0 Å². The molecular formula is C16H27F3N2O6S. The van der Waals surface area contributed by atoms with Crippen molar-refractivity contribution in [2.24, 2.45) is 0 Å². The van der Waals surface area contributed by atoms with Gasteiger partial charge in [-0.15, -0.1) is 0 Å². The predicted molar refractivity (Wildman–Crippen MR) is 93.4 cm³/mol. The molecule has 0 aromatic heterocycles. The summed E-state index contributed by atoms with van der Waals surface area (Å²) in [6.07, 6.45) is 0.511. The number of nitrogens with zero attached hydrogens (tertiary/aromatic N) is 2. The topological polar surface area (TPSA) is 96.4 Å². The SMILES string of the molecule is CS(=O)(=O)N1CC[C@]2(C[C@@H](OCCN3CCCC3)CO2)C1.O=C(O)C(F)(F)F. The number of aliphatic carboxylic acids is 1. The molecule has 28 heavy (non-hydrogen) atoms. The number of carboxylic acids is 1. The Bertz CT molecular complexity index is 639. The highest BCUT2D eigenvalue weighted by Gasteiger charge is 2.48. The summed E-state index contributed by atoms with van der Waals surface area (Å²) >= 11 is 0. The second kappa shape index (κ2) is 9.24. The van der Waals surface area contributed by atoms with Crippen LogP contribution in [-0.2, 0) is 24.3 Å². The monoisotopic (exact) mass is 432 g/mol. The maximum Gasteiger partial charge on any atom is 0.490 e. The molecule has 2 atom stereocenters. The van der Waals surface area contributed by atoms with Crippen molar-refractivity contribution in [2.75, 3.05) is 52.2 Å². The van der Waals surface area contributed by atoms with Gasteiger partial charge in [-0.05, 0) is 32.4 Å². The van der Waals surface area contributed by atoms with Crippen LogP contribution >= 0.6 is 0 Å². The molecule has 0 unspecified atom stereocenters. The summed E-state index contributed by atoms with van der Waals surface area (Å²) in [5.41, 5.74) is -0.304. The maximum atomic E-state index is 11.6. The van der Waals surface area contributed by atoms with Gasteiger partial charge in [-0.2, -0.15) is 17.5 Å². The molecule has 3 aliphatic rings. The number of likely N-dealkylation sites (tertiary alicyclic amines) is 1. The van der Waals surface area contributed by atoms with E-state index in [1.807, 2.05) is 0 Å². The van der Waals surface area contributed by atoms with Crippen molar-refractivity contribution in [3.05, 3.63) is 0 Å². The van der Waals surface area contributed by atoms with Crippen LogP contribution < -0.4 is 0 Å². The fourth-order valence-corrected chi connectivity index (χ4v) is 4.53. The maximum absolute atomic E-state index is 11.6. The summed E-state index contributed by atoms with van der Waals surface area (Å²) in [6, 6.07) is 0. The molecule has 0 radical (unpaired) electrons. The number of halogens is 3. The number of hydrogen-bond acceptors (Lipinski definition) is 6. The smallest absolute Gasteiger partial charge is 0.475 e. The van der Waals surface area contributed by atoms with Gasteiger partial charge in [-0.3, -0.25) is 0 Å². The number of carboxylic acid groups (broad SMARTS) is 1. The summed E-state index contributed by atoms with van der Waals surface area (Å²) in [5.74, 6) is -2.76. The Kier molecular flexibility index (Phi) is 7.70. The number of alkyl halides is 3. The molecule has 12 heteroatoms. The van der Waals surface area contributed by atoms with Crippen molar-refractivity contribution in [2.45, 2.75) is 43.6 Å². The molecule has 0 saturated carbocycles. The standard InChI is InChI=1S/C14H26N2O4S.C2HF3O2/c1-21(17,18)16-7-4-14(12-16)10-13(11-20-14)19-9-8-15-5-2-3-6-15;3-2(4,5)1(6)7/h13H,2-12H2,1H3;(H,6,7)/t13-,14+;/m1./s1. The zero-order valence-corrected chi connectivity index (χ0v) is 16.6. The molecule has 164 valence electrons. The van der Waals surface area contributed by atoms with Crippen LogP contribution in [0.2, 0.25) is 0 Å². The summed E-state index contributed by atoms with van der Waals surface area (Å²) in [4.78, 5) is 11.3. The fourth-order valence-electron chi connectivity index (χ4n) is 3.64. The minimum Gasteiger partial charge on any atom is -0.475 e. The first-order valence-corrected chi connectivity index (χ1v) is 11.0. The number of hydrogen-bond donors (Lipinski definition) is 1. The van der Waals surface area contributed by atoms with Crippen molar-refractivity contribution in [1.29, 1.82) is 0 Å². The largest absolute Gasteiger partial charge is 0.490 e. The molecule has 3 aliphatic heterocycles. The van der Waals surface area contributed by atoms with Gasteiger partial charge in [0.15, 0.2) is 0 Å². The molecule has 0 amide bonds. The van der Waals surface area contributed by atoms with Gasteiger partial charge in [-0.1, -0.05) is 0 Å². The molecular weight excluding hydrogens is 405 g/mol. The van der Waals surface area contributed by atoms with E-state index in [0.29, 0.717) is 19.7 Å². The van der Waals surface area contributed by atoms with E-state index in [-0.39, 0.29) is 11.7 Å². The van der Waals surface area contributed by atoms with E-state index in [0.717, 1.165) is 26.0 Å². The van der Waals surface area contributed by atoms with E-state index in [1.54, 1.807) is 0 Å². The molecule has 3 fully saturated rings. The number of carbonyl (C=O) groups is 1. The van der Waals surface area contributed by atoms with Gasteiger partial charge in [0.25, 0.3) is 0 Å². The van der Waals surface area contributed by atoms with Gasteiger partial charge in [0, 0.05) is 26.1 Å². The summed E-state index contributed by atoms with van der Waals surface area (Å²) in [7, 11) is -3.11. The average molecular weight is 432 g/mol. The first-order chi connectivity index (χ1) is 12.9. The van der Waals surface area contributed by atoms with Gasteiger partial charge < -0.3 is 19.5 Å². The lowest BCUT2D eigenvalue weighted by molar-refractivity contribution is -0.192. The molecule has 1 spiro atoms. The van der Waals surface area contributed by atoms with E-state index in [2.05, 4.69) is 4.90 Å². The molecule has 8 nitrogen and oxygen atoms in total. The van der Waals surface area contributed by atoms with Crippen LogP contribution in [0.4, 0.5) is 13.2 Å². The zero-order valence-electron chi connectivity index (χ0n) is 15.8. The third-order valence-corrected chi connectivity index (χ3v) is 6.38. The summed E-state index contributed by atoms with van der Waals surface area (Å²) < 4.78 is 68.3. The lowest BCUT2D eigenvalue weighted by Gasteiger charge is -2.22. The molecule has 0 aromatic rings. The highest BCUT2D eigenvalue weighted by molar-refractivity contribution is 7.88. The van der Waals surface area contributed by atoms with Crippen LogP contribution in [0.5, 0.6) is 0 Å². The zero-order chi connectivity index (χ0) is 21.0. The first-order valence-electron chi connectivity index (χ1n) is 9.14. The van der Waals surface area contributed by atoms with Gasteiger partial charge >= 0.3 is 12.1 Å². The summed E-state index contributed by atoms with van der Waals surface area (Å²) in [5, 5.41) is 7.12. The van der Waals surface area contributed by atoms with E-state index < -0.39 is 22.2 Å². The third kappa shape index (κ3) is 6.83. The minimum absolute atomic E-state index is 0.118. The Labute approximate surface area is 162 Å². The third-order valence-electron chi connectivity index (χ3n) is 5.13. The number of rotatable bonds is 5. The Balaban J connectivity index is 0.000000345. The van der Waals surface area contributed by atoms with Crippen molar-refractivity contribution >= 4 is 16.0 Å². The van der Waals surface area contributed by atoms with Crippen LogP contribution in [-0.4, -0.2) is 98.8 Å². The lowest BCUT2D eigenvalue weighted by Crippen LogP contribution is -2.35. The van der Waals surface area contributed by atoms with Gasteiger partial charge in [0.1, 0.15) is 0 Å². The minimum atomic E-state index is -5.08. The predicted octanol–water partition coefficient (Wildman–Crippen LogP) is 0.925. The second-order valence-electron chi connectivity index (χ2n) is 7.39. The van der Waals surface area contributed by atoms with Crippen LogP contribution in [0.3, 0.4) is 0 Å². The quantitative estimate of drug-likeness (QED) is 0.690. The number of sulfonamides is 1. The van der Waals surface area contributed by atoms with Crippen molar-refractivity contribution < 1.29 is 41.0 Å². The normalized spacial score (nSPS) is 29.2. The number of ether oxygens (including phenoxy) is 2. The Hall–Kier alpha value is -0.950. The second-order valence-corrected chi connectivity index (χ2v) is 9.37. The van der Waals surface area contributed by atoms with E-state index >= 15 is 0 Å². The van der Waals surface area contributed by atoms with Crippen LogP contribution in [0.1, 0.15) is 25.7 Å². The van der Waals surface area contributed by atoms with E-state index in [9.17, 15) is 21.6 Å². The first kappa shape index (κ1) is 23.3. The Morgan fingerprint density at radius 2 is 1.89 bits per heavy atom. The van der Waals surface area contributed by atoms with E-state index in [4.69, 9.17) is 19.4 Å². The highest BCUT2D eigenvalue weighted by atomic mass is 32.2. The van der Waals surface area contributed by atoms with Crippen LogP contribution in [0, 0.1) is 0 Å². The highest BCUT2D eigenvalue weighted by Crippen LogP contribution is 2.37. The van der Waals surface area contributed by atoms with Gasteiger partial charge in [0.05, 0.1) is 31.2 Å². The molecule has 0 aromatic carbocycles. The van der Waals surface area contributed by atoms with Gasteiger partial charge in [0.2, 0.25) is 10.0 Å². The van der Waals surface area contributed by atoms with Crippen LogP contribution in [0.15, 0.2) is 0 Å². The van der Waals surface area contributed by atoms with E-state index in [1.165, 1.54) is 36.5 Å². The molecule has 0 bridgehead atoms. The van der Waals surface area contributed by atoms with Gasteiger partial charge in [-0.25, -0.2) is 13.2 Å². The fraction of sp³-hybridized carbons (Fsp3) is 0.938. The molecule has 1 N–H and O–H groups in total. The van der Waals surface area contributed by atoms with Crippen LogP contribution in [0.25, 0.3) is 0 Å². The lowest BCUT2D eigenvalue weighted by atomic mass is 9.98. The Morgan fingerprint density at radius 1 is 1.29 bits per heavy atom. The van der Waals surface area contributed by atoms with Crippen molar-refractivity contribution in [3.63, 3.8) is 0 Å².